The molecule has 0 radical (unpaired) electrons. The van der Waals surface area contributed by atoms with E-state index in [4.69, 9.17) is 4.74 Å². The van der Waals surface area contributed by atoms with E-state index in [9.17, 15) is 33.0 Å². The van der Waals surface area contributed by atoms with E-state index in [1.807, 2.05) is 26.8 Å². The summed E-state index contributed by atoms with van der Waals surface area (Å²) in [5.74, 6) is -2.22. The van der Waals surface area contributed by atoms with Gasteiger partial charge >= 0.3 is 6.18 Å². The van der Waals surface area contributed by atoms with Crippen molar-refractivity contribution in [2.24, 2.45) is 0 Å². The quantitative estimate of drug-likeness (QED) is 0.225. The molecule has 1 fully saturated rings. The molecule has 39 heavy (non-hydrogen) atoms. The van der Waals surface area contributed by atoms with Gasteiger partial charge in [0.15, 0.2) is 0 Å². The van der Waals surface area contributed by atoms with E-state index in [1.165, 1.54) is 43.5 Å². The van der Waals surface area contributed by atoms with Gasteiger partial charge in [0.1, 0.15) is 17.3 Å². The molecule has 4 rings (SSSR count). The maximum atomic E-state index is 13.4. The number of carbonyl (C=O) groups is 2. The van der Waals surface area contributed by atoms with E-state index >= 15 is 0 Å². The molecule has 9 heteroatoms. The summed E-state index contributed by atoms with van der Waals surface area (Å²) in [6.45, 7) is 5.60. The summed E-state index contributed by atoms with van der Waals surface area (Å²) in [6.07, 6.45) is -4.59. The number of carbonyl (C=O) groups excluding carboxylic acids is 2. The lowest BCUT2D eigenvalue weighted by molar-refractivity contribution is -0.140. The summed E-state index contributed by atoms with van der Waals surface area (Å²) < 4.78 is 45.4. The standard InChI is InChI=1S/C30H28F3NO5/c1-29(2,3)19-10-13-23(39-4)22(15-19)26(36)24-25(18-8-11-21(35)12-9-18)34(28(38)27(24)37)16-17-6-5-7-20(14-17)30(31,32)33/h5-15,25,35-36H,16H2,1-4H3/b26-24+. The van der Waals surface area contributed by atoms with Gasteiger partial charge in [-0.1, -0.05) is 51.1 Å². The van der Waals surface area contributed by atoms with Gasteiger partial charge in [0.05, 0.1) is 29.9 Å². The van der Waals surface area contributed by atoms with E-state index < -0.39 is 35.2 Å². The number of ether oxygens (including phenoxy) is 1. The van der Waals surface area contributed by atoms with Gasteiger partial charge in [-0.2, -0.15) is 13.2 Å². The van der Waals surface area contributed by atoms with Crippen LogP contribution < -0.4 is 4.74 Å². The summed E-state index contributed by atoms with van der Waals surface area (Å²) >= 11 is 0. The van der Waals surface area contributed by atoms with Crippen LogP contribution in [-0.4, -0.2) is 33.9 Å². The topological polar surface area (TPSA) is 87.1 Å². The number of aromatic hydroxyl groups is 1. The fourth-order valence-corrected chi connectivity index (χ4v) is 4.59. The Kier molecular flexibility index (Phi) is 7.21. The number of rotatable bonds is 5. The Bertz CT molecular complexity index is 1450. The van der Waals surface area contributed by atoms with Crippen LogP contribution in [0.2, 0.25) is 0 Å². The van der Waals surface area contributed by atoms with Crippen LogP contribution in [0.25, 0.3) is 5.76 Å². The number of Topliss-reactive ketones (excluding diaryl/α,β-unsaturated/α-hetero) is 1. The van der Waals surface area contributed by atoms with Crippen molar-refractivity contribution >= 4 is 17.4 Å². The number of phenols is 1. The first kappa shape index (κ1) is 27.8. The number of nitrogens with zero attached hydrogens (tertiary/aromatic N) is 1. The molecule has 1 heterocycles. The first-order valence-corrected chi connectivity index (χ1v) is 12.1. The van der Waals surface area contributed by atoms with Crippen LogP contribution in [0.1, 0.15) is 54.6 Å². The van der Waals surface area contributed by atoms with Crippen molar-refractivity contribution in [3.63, 3.8) is 0 Å². The second-order valence-corrected chi connectivity index (χ2v) is 10.4. The van der Waals surface area contributed by atoms with Crippen LogP contribution in [0.3, 0.4) is 0 Å². The number of amides is 1. The van der Waals surface area contributed by atoms with Crippen LogP contribution in [0.4, 0.5) is 13.2 Å². The molecular formula is C30H28F3NO5. The van der Waals surface area contributed by atoms with Crippen LogP contribution in [-0.2, 0) is 27.7 Å². The number of alkyl halides is 3. The third-order valence-corrected chi connectivity index (χ3v) is 6.68. The van der Waals surface area contributed by atoms with E-state index in [2.05, 4.69) is 0 Å². The lowest BCUT2D eigenvalue weighted by atomic mass is 9.85. The molecular weight excluding hydrogens is 511 g/mol. The molecule has 1 aliphatic heterocycles. The monoisotopic (exact) mass is 539 g/mol. The minimum Gasteiger partial charge on any atom is -0.508 e. The highest BCUT2D eigenvalue weighted by Gasteiger charge is 2.46. The highest BCUT2D eigenvalue weighted by molar-refractivity contribution is 6.46. The Labute approximate surface area is 224 Å². The highest BCUT2D eigenvalue weighted by atomic mass is 19.4. The number of methoxy groups -OCH3 is 1. The third-order valence-electron chi connectivity index (χ3n) is 6.68. The van der Waals surface area contributed by atoms with Crippen molar-refractivity contribution in [2.45, 2.75) is 44.9 Å². The zero-order valence-electron chi connectivity index (χ0n) is 21.8. The average Bonchev–Trinajstić information content (AvgIpc) is 3.12. The maximum Gasteiger partial charge on any atom is 0.416 e. The van der Waals surface area contributed by atoms with Gasteiger partial charge in [-0.3, -0.25) is 9.59 Å². The van der Waals surface area contributed by atoms with Crippen molar-refractivity contribution in [3.05, 3.63) is 100 Å². The highest BCUT2D eigenvalue weighted by Crippen LogP contribution is 2.43. The van der Waals surface area contributed by atoms with Gasteiger partial charge in [0.25, 0.3) is 11.7 Å². The molecule has 1 unspecified atom stereocenters. The lowest BCUT2D eigenvalue weighted by Crippen LogP contribution is -2.29. The third kappa shape index (κ3) is 5.48. The number of phenolic OH excluding ortho intramolecular Hbond substituents is 1. The number of aliphatic hydroxyl groups is 1. The first-order valence-electron chi connectivity index (χ1n) is 12.1. The molecule has 204 valence electrons. The Morgan fingerprint density at radius 1 is 0.949 bits per heavy atom. The second-order valence-electron chi connectivity index (χ2n) is 10.4. The minimum atomic E-state index is -4.59. The van der Waals surface area contributed by atoms with Gasteiger partial charge in [-0.25, -0.2) is 0 Å². The van der Waals surface area contributed by atoms with Gasteiger partial charge in [-0.05, 0) is 58.5 Å². The molecule has 2 N–H and O–H groups in total. The van der Waals surface area contributed by atoms with E-state index in [1.54, 1.807) is 12.1 Å². The zero-order chi connectivity index (χ0) is 28.7. The number of aliphatic hydroxyl groups excluding tert-OH is 1. The molecule has 1 aliphatic rings. The average molecular weight is 540 g/mol. The summed E-state index contributed by atoms with van der Waals surface area (Å²) in [5, 5.41) is 21.3. The van der Waals surface area contributed by atoms with Crippen molar-refractivity contribution in [1.29, 1.82) is 0 Å². The van der Waals surface area contributed by atoms with Crippen LogP contribution in [0.15, 0.2) is 72.3 Å². The molecule has 3 aromatic rings. The number of halogens is 3. The molecule has 0 spiro atoms. The Morgan fingerprint density at radius 2 is 1.62 bits per heavy atom. The van der Waals surface area contributed by atoms with Gasteiger partial charge in [0.2, 0.25) is 0 Å². The molecule has 1 amide bonds. The molecule has 0 aromatic heterocycles. The fraction of sp³-hybridized carbons (Fsp3) is 0.267. The molecule has 1 saturated heterocycles. The van der Waals surface area contributed by atoms with Crippen molar-refractivity contribution in [2.75, 3.05) is 7.11 Å². The molecule has 6 nitrogen and oxygen atoms in total. The predicted molar refractivity (Wildman–Crippen MR) is 139 cm³/mol. The molecule has 0 saturated carbocycles. The number of hydrogen-bond acceptors (Lipinski definition) is 5. The Morgan fingerprint density at radius 3 is 2.21 bits per heavy atom. The van der Waals surface area contributed by atoms with Crippen molar-refractivity contribution in [3.8, 4) is 11.5 Å². The molecule has 0 bridgehead atoms. The van der Waals surface area contributed by atoms with Gasteiger partial charge < -0.3 is 19.8 Å². The summed E-state index contributed by atoms with van der Waals surface area (Å²) in [4.78, 5) is 27.8. The summed E-state index contributed by atoms with van der Waals surface area (Å²) in [7, 11) is 1.41. The molecule has 0 aliphatic carbocycles. The Hall–Kier alpha value is -4.27. The normalized spacial score (nSPS) is 17.5. The first-order chi connectivity index (χ1) is 18.2. The number of ketones is 1. The predicted octanol–water partition coefficient (Wildman–Crippen LogP) is 6.34. The fourth-order valence-electron chi connectivity index (χ4n) is 4.59. The number of hydrogen-bond donors (Lipinski definition) is 2. The van der Waals surface area contributed by atoms with Gasteiger partial charge in [-0.15, -0.1) is 0 Å². The summed E-state index contributed by atoms with van der Waals surface area (Å²) in [6, 6.07) is 14.2. The van der Waals surface area contributed by atoms with Crippen molar-refractivity contribution < 1.29 is 37.7 Å². The largest absolute Gasteiger partial charge is 0.508 e. The maximum absolute atomic E-state index is 13.4. The molecule has 1 atom stereocenters. The van der Waals surface area contributed by atoms with Crippen molar-refractivity contribution in [1.82, 2.24) is 4.90 Å². The molecule has 3 aromatic carbocycles. The minimum absolute atomic E-state index is 0.0619. The zero-order valence-corrected chi connectivity index (χ0v) is 21.8. The number of likely N-dealkylation sites (tertiary alicyclic amines) is 1. The number of benzene rings is 3. The smallest absolute Gasteiger partial charge is 0.416 e. The van der Waals surface area contributed by atoms with Gasteiger partial charge in [0, 0.05) is 6.54 Å². The van der Waals surface area contributed by atoms with E-state index in [-0.39, 0.29) is 40.2 Å². The second kappa shape index (κ2) is 10.1. The summed E-state index contributed by atoms with van der Waals surface area (Å²) in [5.41, 5.74) is 0.140. The van der Waals surface area contributed by atoms with Crippen LogP contribution in [0.5, 0.6) is 11.5 Å². The van der Waals surface area contributed by atoms with E-state index in [0.717, 1.165) is 22.6 Å². The van der Waals surface area contributed by atoms with Crippen LogP contribution >= 0.6 is 0 Å². The van der Waals surface area contributed by atoms with E-state index in [0.29, 0.717) is 5.56 Å². The lowest BCUT2D eigenvalue weighted by Gasteiger charge is -2.26. The van der Waals surface area contributed by atoms with Crippen LogP contribution in [0, 0.1) is 0 Å². The Balaban J connectivity index is 1.91. The SMILES string of the molecule is COc1ccc(C(C)(C)C)cc1/C(O)=C1\C(=O)C(=O)N(Cc2cccc(C(F)(F)F)c2)C1c1ccc(O)cc1.